The minimum atomic E-state index is -3.85. The van der Waals surface area contributed by atoms with Crippen molar-refractivity contribution >= 4 is 27.3 Å². The highest BCUT2D eigenvalue weighted by Crippen LogP contribution is 2.26. The first kappa shape index (κ1) is 16.5. The van der Waals surface area contributed by atoms with Crippen molar-refractivity contribution in [2.45, 2.75) is 36.5 Å². The average Bonchev–Trinajstić information content (AvgIpc) is 2.38. The molecule has 1 aromatic carbocycles. The van der Waals surface area contributed by atoms with E-state index >= 15 is 0 Å². The van der Waals surface area contributed by atoms with E-state index < -0.39 is 26.5 Å². The Labute approximate surface area is 124 Å². The normalized spacial score (nSPS) is 13.3. The van der Waals surface area contributed by atoms with Gasteiger partial charge < -0.3 is 5.32 Å². The molecule has 0 unspecified atom stereocenters. The van der Waals surface area contributed by atoms with Gasteiger partial charge in [0.25, 0.3) is 0 Å². The lowest BCUT2D eigenvalue weighted by molar-refractivity contribution is -0.123. The van der Waals surface area contributed by atoms with Crippen LogP contribution in [-0.4, -0.2) is 25.1 Å². The largest absolute Gasteiger partial charge is 0.341 e. The number of terminal acetylenes is 1. The molecule has 1 rings (SSSR count). The predicted octanol–water partition coefficient (Wildman–Crippen LogP) is 2.03. The maximum absolute atomic E-state index is 12.5. The first-order valence-corrected chi connectivity index (χ1v) is 7.76. The number of halogens is 1. The molecule has 0 aliphatic heterocycles. The van der Waals surface area contributed by atoms with Crippen LogP contribution in [0, 0.1) is 12.3 Å². The number of sulfone groups is 1. The Morgan fingerprint density at radius 2 is 1.85 bits per heavy atom. The van der Waals surface area contributed by atoms with Crippen molar-refractivity contribution in [3.8, 4) is 12.3 Å². The highest BCUT2D eigenvalue weighted by molar-refractivity contribution is 7.93. The number of hydrogen-bond donors (Lipinski definition) is 1. The topological polar surface area (TPSA) is 63.2 Å². The van der Waals surface area contributed by atoms with Gasteiger partial charge in [0.2, 0.25) is 5.91 Å². The van der Waals surface area contributed by atoms with Crippen molar-refractivity contribution in [1.82, 2.24) is 5.32 Å². The molecule has 0 fully saturated rings. The number of hydrogen-bond acceptors (Lipinski definition) is 3. The van der Waals surface area contributed by atoms with Gasteiger partial charge >= 0.3 is 0 Å². The maximum Gasteiger partial charge on any atom is 0.242 e. The smallest absolute Gasteiger partial charge is 0.242 e. The molecule has 4 nitrogen and oxygen atoms in total. The van der Waals surface area contributed by atoms with E-state index in [-0.39, 0.29) is 4.90 Å². The summed E-state index contributed by atoms with van der Waals surface area (Å²) in [6.45, 7) is 4.29. The molecule has 0 aliphatic carbocycles. The summed E-state index contributed by atoms with van der Waals surface area (Å²) in [5, 5.41) is 2.90. The van der Waals surface area contributed by atoms with Gasteiger partial charge in [-0.1, -0.05) is 17.5 Å². The Hall–Kier alpha value is -1.51. The predicted molar refractivity (Wildman–Crippen MR) is 79.2 cm³/mol. The van der Waals surface area contributed by atoms with Gasteiger partial charge in [0.1, 0.15) is 4.75 Å². The monoisotopic (exact) mass is 313 g/mol. The average molecular weight is 314 g/mol. The van der Waals surface area contributed by atoms with Gasteiger partial charge in [-0.15, -0.1) is 6.42 Å². The molecule has 0 aliphatic rings. The zero-order valence-corrected chi connectivity index (χ0v) is 13.0. The fourth-order valence-electron chi connectivity index (χ4n) is 1.44. The molecule has 1 aromatic rings. The van der Waals surface area contributed by atoms with E-state index in [0.717, 1.165) is 0 Å². The van der Waals surface area contributed by atoms with E-state index in [1.54, 1.807) is 6.92 Å². The van der Waals surface area contributed by atoms with Crippen LogP contribution in [0.15, 0.2) is 29.2 Å². The van der Waals surface area contributed by atoms with Crippen LogP contribution in [0.5, 0.6) is 0 Å². The second-order valence-corrected chi connectivity index (χ2v) is 7.76. The highest BCUT2D eigenvalue weighted by Gasteiger charge is 2.43. The number of nitrogens with one attached hydrogen (secondary N) is 1. The van der Waals surface area contributed by atoms with Crippen LogP contribution in [0.2, 0.25) is 5.02 Å². The first-order chi connectivity index (χ1) is 9.12. The van der Waals surface area contributed by atoms with E-state index in [1.807, 2.05) is 0 Å². The maximum atomic E-state index is 12.5. The van der Waals surface area contributed by atoms with Crippen molar-refractivity contribution in [3.63, 3.8) is 0 Å². The summed E-state index contributed by atoms with van der Waals surface area (Å²) in [6, 6.07) is 5.13. The number of carbonyl (C=O) groups excluding carboxylic acids is 1. The Bertz CT molecular complexity index is 642. The zero-order chi connectivity index (χ0) is 15.6. The molecule has 0 radical (unpaired) electrons. The third-order valence-corrected chi connectivity index (χ3v) is 5.61. The van der Waals surface area contributed by atoms with Gasteiger partial charge in [-0.3, -0.25) is 4.79 Å². The van der Waals surface area contributed by atoms with E-state index in [2.05, 4.69) is 11.2 Å². The molecule has 0 bridgehead atoms. The van der Waals surface area contributed by atoms with Crippen molar-refractivity contribution in [3.05, 3.63) is 29.3 Å². The first-order valence-electron chi connectivity index (χ1n) is 5.90. The Morgan fingerprint density at radius 3 is 2.30 bits per heavy atom. The SMILES string of the molecule is C#C[C@@H](C)NC(=O)C(C)(C)S(=O)(=O)c1ccc(Cl)cc1. The second-order valence-electron chi connectivity index (χ2n) is 4.83. The molecule has 108 valence electrons. The van der Waals surface area contributed by atoms with Crippen molar-refractivity contribution in [2.75, 3.05) is 0 Å². The minimum absolute atomic E-state index is 0.0374. The third-order valence-electron chi connectivity index (χ3n) is 2.94. The van der Waals surface area contributed by atoms with Gasteiger partial charge in [-0.2, -0.15) is 0 Å². The van der Waals surface area contributed by atoms with Crippen LogP contribution >= 0.6 is 11.6 Å². The summed E-state index contributed by atoms with van der Waals surface area (Å²) in [5.41, 5.74) is 0. The van der Waals surface area contributed by atoms with Gasteiger partial charge in [0.15, 0.2) is 9.84 Å². The zero-order valence-electron chi connectivity index (χ0n) is 11.5. The van der Waals surface area contributed by atoms with Gasteiger partial charge in [0.05, 0.1) is 10.9 Å². The minimum Gasteiger partial charge on any atom is -0.341 e. The lowest BCUT2D eigenvalue weighted by Crippen LogP contribution is -2.50. The summed E-state index contributed by atoms with van der Waals surface area (Å²) < 4.78 is 23.4. The van der Waals surface area contributed by atoms with Crippen molar-refractivity contribution in [2.24, 2.45) is 0 Å². The summed E-state index contributed by atoms with van der Waals surface area (Å²) in [6.07, 6.45) is 5.17. The van der Waals surface area contributed by atoms with Gasteiger partial charge in [0, 0.05) is 5.02 Å². The molecular formula is C14H16ClNO3S. The summed E-state index contributed by atoms with van der Waals surface area (Å²) >= 11 is 5.73. The molecule has 0 aromatic heterocycles. The van der Waals surface area contributed by atoms with Crippen LogP contribution in [0.1, 0.15) is 20.8 Å². The van der Waals surface area contributed by atoms with E-state index in [9.17, 15) is 13.2 Å². The molecule has 6 heteroatoms. The summed E-state index contributed by atoms with van der Waals surface area (Å²) in [4.78, 5) is 12.1. The summed E-state index contributed by atoms with van der Waals surface area (Å²) in [7, 11) is -3.85. The molecule has 20 heavy (non-hydrogen) atoms. The Balaban J connectivity index is 3.16. The highest BCUT2D eigenvalue weighted by atomic mass is 35.5. The standard InChI is InChI=1S/C14H16ClNO3S/c1-5-10(2)16-13(17)14(3,4)20(18,19)12-8-6-11(15)7-9-12/h1,6-10H,2-4H3,(H,16,17)/t10-/m1/s1. The molecule has 1 N–H and O–H groups in total. The second kappa shape index (κ2) is 5.86. The fourth-order valence-corrected chi connectivity index (χ4v) is 2.96. The lowest BCUT2D eigenvalue weighted by Gasteiger charge is -2.24. The van der Waals surface area contributed by atoms with Crippen LogP contribution in [-0.2, 0) is 14.6 Å². The Morgan fingerprint density at radius 1 is 1.35 bits per heavy atom. The number of rotatable bonds is 4. The molecule has 1 amide bonds. The van der Waals surface area contributed by atoms with Gasteiger partial charge in [-0.05, 0) is 45.0 Å². The fraction of sp³-hybridized carbons (Fsp3) is 0.357. The van der Waals surface area contributed by atoms with Crippen molar-refractivity contribution in [1.29, 1.82) is 0 Å². The number of carbonyl (C=O) groups is 1. The molecule has 0 saturated heterocycles. The number of amides is 1. The van der Waals surface area contributed by atoms with Gasteiger partial charge in [-0.25, -0.2) is 8.42 Å². The van der Waals surface area contributed by atoms with E-state index in [1.165, 1.54) is 38.1 Å². The van der Waals surface area contributed by atoms with E-state index in [0.29, 0.717) is 5.02 Å². The van der Waals surface area contributed by atoms with Crippen molar-refractivity contribution < 1.29 is 13.2 Å². The van der Waals surface area contributed by atoms with Crippen LogP contribution in [0.25, 0.3) is 0 Å². The molecule has 0 heterocycles. The molecule has 0 saturated carbocycles. The van der Waals surface area contributed by atoms with Crippen LogP contribution in [0.4, 0.5) is 0 Å². The molecule has 1 atom stereocenters. The number of benzene rings is 1. The van der Waals surface area contributed by atoms with Crippen LogP contribution < -0.4 is 5.32 Å². The quantitative estimate of drug-likeness (QED) is 0.865. The van der Waals surface area contributed by atoms with E-state index in [4.69, 9.17) is 18.0 Å². The molecule has 0 spiro atoms. The third kappa shape index (κ3) is 3.14. The van der Waals surface area contributed by atoms with Crippen LogP contribution in [0.3, 0.4) is 0 Å². The Kier molecular flexibility index (Phi) is 4.85. The molecular weight excluding hydrogens is 298 g/mol. The lowest BCUT2D eigenvalue weighted by atomic mass is 10.2. The summed E-state index contributed by atoms with van der Waals surface area (Å²) in [5.74, 6) is 1.68.